The highest BCUT2D eigenvalue weighted by Gasteiger charge is 2.33. The average molecular weight is 264 g/mol. The molecular weight excluding hydrogens is 244 g/mol. The van der Waals surface area contributed by atoms with Gasteiger partial charge >= 0.3 is 5.97 Å². The standard InChI is InChI=1S/C15H20O4/c1-4-12(15(17)18-3)13(16)14(19-5-2)11-9-7-6-8-10-11/h6-10,12,14H,4-5H2,1-3H3. The van der Waals surface area contributed by atoms with E-state index in [2.05, 4.69) is 4.74 Å². The van der Waals surface area contributed by atoms with Crippen LogP contribution < -0.4 is 0 Å². The Hall–Kier alpha value is -1.68. The van der Waals surface area contributed by atoms with Gasteiger partial charge in [-0.25, -0.2) is 0 Å². The van der Waals surface area contributed by atoms with E-state index in [1.165, 1.54) is 7.11 Å². The Morgan fingerprint density at radius 3 is 2.26 bits per heavy atom. The summed E-state index contributed by atoms with van der Waals surface area (Å²) in [6, 6.07) is 9.19. The van der Waals surface area contributed by atoms with Gasteiger partial charge in [0.2, 0.25) is 0 Å². The maximum Gasteiger partial charge on any atom is 0.316 e. The van der Waals surface area contributed by atoms with Gasteiger partial charge in [-0.1, -0.05) is 37.3 Å². The molecule has 0 aromatic heterocycles. The summed E-state index contributed by atoms with van der Waals surface area (Å²) in [6.07, 6.45) is -0.308. The molecule has 4 heteroatoms. The summed E-state index contributed by atoms with van der Waals surface area (Å²) in [5.74, 6) is -1.53. The third-order valence-electron chi connectivity index (χ3n) is 2.93. The average Bonchev–Trinajstić information content (AvgIpc) is 2.46. The van der Waals surface area contributed by atoms with Gasteiger partial charge in [0.15, 0.2) is 5.78 Å². The van der Waals surface area contributed by atoms with Crippen molar-refractivity contribution in [1.82, 2.24) is 0 Å². The normalized spacial score (nSPS) is 13.6. The molecule has 2 unspecified atom stereocenters. The zero-order valence-electron chi connectivity index (χ0n) is 11.6. The smallest absolute Gasteiger partial charge is 0.316 e. The first-order valence-electron chi connectivity index (χ1n) is 6.43. The number of hydrogen-bond donors (Lipinski definition) is 0. The van der Waals surface area contributed by atoms with Crippen LogP contribution in [0, 0.1) is 5.92 Å². The molecule has 0 aliphatic rings. The van der Waals surface area contributed by atoms with Crippen molar-refractivity contribution in [2.24, 2.45) is 5.92 Å². The Morgan fingerprint density at radius 2 is 1.79 bits per heavy atom. The van der Waals surface area contributed by atoms with Gasteiger partial charge in [0.25, 0.3) is 0 Å². The number of carbonyl (C=O) groups excluding carboxylic acids is 2. The number of Topliss-reactive ketones (excluding diaryl/α,β-unsaturated/α-hetero) is 1. The van der Waals surface area contributed by atoms with Crippen LogP contribution in [-0.4, -0.2) is 25.5 Å². The van der Waals surface area contributed by atoms with Gasteiger partial charge in [0.05, 0.1) is 7.11 Å². The summed E-state index contributed by atoms with van der Waals surface area (Å²) in [4.78, 5) is 24.1. The molecule has 0 aliphatic carbocycles. The second-order valence-electron chi connectivity index (χ2n) is 4.13. The molecule has 0 amide bonds. The summed E-state index contributed by atoms with van der Waals surface area (Å²) in [6.45, 7) is 4.01. The number of methoxy groups -OCH3 is 1. The Bertz CT molecular complexity index is 413. The fourth-order valence-corrected chi connectivity index (χ4v) is 1.95. The first-order chi connectivity index (χ1) is 9.15. The van der Waals surface area contributed by atoms with Crippen molar-refractivity contribution < 1.29 is 19.1 Å². The number of esters is 1. The number of hydrogen-bond acceptors (Lipinski definition) is 4. The molecule has 2 atom stereocenters. The summed E-state index contributed by atoms with van der Waals surface area (Å²) in [7, 11) is 1.29. The molecule has 1 aromatic carbocycles. The van der Waals surface area contributed by atoms with Crippen molar-refractivity contribution in [1.29, 1.82) is 0 Å². The highest BCUT2D eigenvalue weighted by atomic mass is 16.5. The SMILES string of the molecule is CCOC(C(=O)C(CC)C(=O)OC)c1ccccc1. The van der Waals surface area contributed by atoms with Crippen LogP contribution >= 0.6 is 0 Å². The van der Waals surface area contributed by atoms with Gasteiger partial charge in [-0.3, -0.25) is 9.59 Å². The van der Waals surface area contributed by atoms with Crippen LogP contribution in [0.1, 0.15) is 31.9 Å². The molecule has 1 aromatic rings. The van der Waals surface area contributed by atoms with Crippen LogP contribution in [0.3, 0.4) is 0 Å². The highest BCUT2D eigenvalue weighted by molar-refractivity contribution is 6.01. The lowest BCUT2D eigenvalue weighted by Gasteiger charge is -2.20. The number of ketones is 1. The van der Waals surface area contributed by atoms with Gasteiger partial charge in [-0.2, -0.15) is 0 Å². The second-order valence-corrected chi connectivity index (χ2v) is 4.13. The first-order valence-corrected chi connectivity index (χ1v) is 6.43. The van der Waals surface area contributed by atoms with Crippen molar-refractivity contribution in [3.8, 4) is 0 Å². The summed E-state index contributed by atoms with van der Waals surface area (Å²) in [5, 5.41) is 0. The molecule has 0 saturated carbocycles. The van der Waals surface area contributed by atoms with E-state index in [1.54, 1.807) is 6.92 Å². The molecule has 0 fully saturated rings. The van der Waals surface area contributed by atoms with Gasteiger partial charge in [0, 0.05) is 6.61 Å². The maximum absolute atomic E-state index is 12.4. The first kappa shape index (κ1) is 15.4. The molecule has 19 heavy (non-hydrogen) atoms. The van der Waals surface area contributed by atoms with Crippen LogP contribution in [0.5, 0.6) is 0 Å². The minimum Gasteiger partial charge on any atom is -0.468 e. The van der Waals surface area contributed by atoms with Crippen molar-refractivity contribution in [2.75, 3.05) is 13.7 Å². The van der Waals surface area contributed by atoms with E-state index in [-0.39, 0.29) is 5.78 Å². The Morgan fingerprint density at radius 1 is 1.16 bits per heavy atom. The summed E-state index contributed by atoms with van der Waals surface area (Å²) < 4.78 is 10.2. The molecule has 4 nitrogen and oxygen atoms in total. The quantitative estimate of drug-likeness (QED) is 0.561. The summed E-state index contributed by atoms with van der Waals surface area (Å²) >= 11 is 0. The van der Waals surface area contributed by atoms with E-state index < -0.39 is 18.0 Å². The van der Waals surface area contributed by atoms with Gasteiger partial charge in [-0.05, 0) is 18.9 Å². The Balaban J connectivity index is 2.98. The largest absolute Gasteiger partial charge is 0.468 e. The minimum absolute atomic E-state index is 0.248. The zero-order chi connectivity index (χ0) is 14.3. The van der Waals surface area contributed by atoms with Gasteiger partial charge in [-0.15, -0.1) is 0 Å². The third-order valence-corrected chi connectivity index (χ3v) is 2.93. The van der Waals surface area contributed by atoms with Crippen LogP contribution in [0.15, 0.2) is 30.3 Å². The van der Waals surface area contributed by atoms with E-state index in [0.717, 1.165) is 5.56 Å². The van der Waals surface area contributed by atoms with Crippen LogP contribution in [0.25, 0.3) is 0 Å². The number of benzene rings is 1. The molecule has 0 aliphatic heterocycles. The lowest BCUT2D eigenvalue weighted by Crippen LogP contribution is -2.30. The van der Waals surface area contributed by atoms with Crippen molar-refractivity contribution >= 4 is 11.8 Å². The zero-order valence-corrected chi connectivity index (χ0v) is 11.6. The minimum atomic E-state index is -0.776. The predicted octanol–water partition coefficient (Wildman–Crippen LogP) is 2.53. The fourth-order valence-electron chi connectivity index (χ4n) is 1.95. The van der Waals surface area contributed by atoms with E-state index in [4.69, 9.17) is 4.74 Å². The van der Waals surface area contributed by atoms with Crippen molar-refractivity contribution in [3.05, 3.63) is 35.9 Å². The molecule has 0 radical (unpaired) electrons. The predicted molar refractivity (Wildman–Crippen MR) is 71.6 cm³/mol. The fraction of sp³-hybridized carbons (Fsp3) is 0.467. The van der Waals surface area contributed by atoms with Gasteiger partial charge in [0.1, 0.15) is 12.0 Å². The monoisotopic (exact) mass is 264 g/mol. The molecule has 0 bridgehead atoms. The third kappa shape index (κ3) is 3.89. The molecule has 1 rings (SSSR count). The van der Waals surface area contributed by atoms with Gasteiger partial charge < -0.3 is 9.47 Å². The molecule has 0 saturated heterocycles. The molecule has 0 N–H and O–H groups in total. The van der Waals surface area contributed by atoms with E-state index in [1.807, 2.05) is 37.3 Å². The molecule has 0 spiro atoms. The van der Waals surface area contributed by atoms with Crippen molar-refractivity contribution in [2.45, 2.75) is 26.4 Å². The topological polar surface area (TPSA) is 52.6 Å². The number of ether oxygens (including phenoxy) is 2. The highest BCUT2D eigenvalue weighted by Crippen LogP contribution is 2.24. The molecular formula is C15H20O4. The molecule has 0 heterocycles. The second kappa shape index (κ2) is 7.69. The van der Waals surface area contributed by atoms with Crippen LogP contribution in [-0.2, 0) is 19.1 Å². The van der Waals surface area contributed by atoms with Crippen LogP contribution in [0.2, 0.25) is 0 Å². The van der Waals surface area contributed by atoms with E-state index >= 15 is 0 Å². The number of carbonyl (C=O) groups is 2. The van der Waals surface area contributed by atoms with E-state index in [0.29, 0.717) is 13.0 Å². The van der Waals surface area contributed by atoms with E-state index in [9.17, 15) is 9.59 Å². The lowest BCUT2D eigenvalue weighted by atomic mass is 9.93. The van der Waals surface area contributed by atoms with Crippen molar-refractivity contribution in [3.63, 3.8) is 0 Å². The maximum atomic E-state index is 12.4. The Labute approximate surface area is 113 Å². The van der Waals surface area contributed by atoms with Crippen LogP contribution in [0.4, 0.5) is 0 Å². The summed E-state index contributed by atoms with van der Waals surface area (Å²) in [5.41, 5.74) is 0.761. The number of rotatable bonds is 7. The Kier molecular flexibility index (Phi) is 6.22. The lowest BCUT2D eigenvalue weighted by molar-refractivity contribution is -0.153. The molecule has 104 valence electrons.